The molecule has 2 aromatic rings. The molecule has 0 radical (unpaired) electrons. The van der Waals surface area contributed by atoms with Crippen molar-refractivity contribution in [1.29, 1.82) is 0 Å². The number of hydrogen-bond acceptors (Lipinski definition) is 5. The second-order valence-corrected chi connectivity index (χ2v) is 8.29. The van der Waals surface area contributed by atoms with E-state index in [1.165, 1.54) is 24.2 Å². The molecule has 2 fully saturated rings. The third-order valence-electron chi connectivity index (χ3n) is 5.07. The lowest BCUT2D eigenvalue weighted by Gasteiger charge is -2.35. The minimum atomic E-state index is -0.0225. The number of carbonyl (C=O) groups is 2. The van der Waals surface area contributed by atoms with Gasteiger partial charge < -0.3 is 9.80 Å². The van der Waals surface area contributed by atoms with Crippen LogP contribution in [0, 0.1) is 5.92 Å². The molecular formula is C18H21N3O2S2. The molecule has 0 N–H and O–H groups in total. The summed E-state index contributed by atoms with van der Waals surface area (Å²) in [7, 11) is 0. The van der Waals surface area contributed by atoms with Crippen LogP contribution < -0.4 is 0 Å². The van der Waals surface area contributed by atoms with E-state index in [0.717, 1.165) is 23.4 Å². The van der Waals surface area contributed by atoms with Crippen molar-refractivity contribution in [3.8, 4) is 10.6 Å². The van der Waals surface area contributed by atoms with Gasteiger partial charge in [-0.05, 0) is 24.3 Å². The average molecular weight is 376 g/mol. The minimum Gasteiger partial charge on any atom is -0.339 e. The second-order valence-electron chi connectivity index (χ2n) is 6.65. The molecule has 1 saturated carbocycles. The molecule has 1 saturated heterocycles. The van der Waals surface area contributed by atoms with Crippen molar-refractivity contribution in [2.45, 2.75) is 25.7 Å². The van der Waals surface area contributed by atoms with Gasteiger partial charge in [0.1, 0.15) is 10.7 Å². The highest BCUT2D eigenvalue weighted by atomic mass is 32.1. The van der Waals surface area contributed by atoms with Gasteiger partial charge in [-0.3, -0.25) is 9.59 Å². The maximum atomic E-state index is 12.7. The van der Waals surface area contributed by atoms with Crippen molar-refractivity contribution in [2.75, 3.05) is 26.2 Å². The minimum absolute atomic E-state index is 0.0225. The summed E-state index contributed by atoms with van der Waals surface area (Å²) >= 11 is 3.13. The number of carbonyl (C=O) groups excluding carboxylic acids is 2. The Balaban J connectivity index is 1.36. The topological polar surface area (TPSA) is 53.5 Å². The molecule has 25 heavy (non-hydrogen) atoms. The molecule has 2 aromatic heterocycles. The predicted molar refractivity (Wildman–Crippen MR) is 99.9 cm³/mol. The fourth-order valence-electron chi connectivity index (χ4n) is 3.61. The van der Waals surface area contributed by atoms with E-state index in [-0.39, 0.29) is 17.7 Å². The zero-order chi connectivity index (χ0) is 17.2. The standard InChI is InChI=1S/C18H21N3O2S2/c22-17(13-3-1-2-4-13)20-6-8-21(9-7-20)18(23)15-12-25-16(19-15)14-5-10-24-11-14/h5,10-13H,1-4,6-9H2. The number of rotatable bonds is 3. The summed E-state index contributed by atoms with van der Waals surface area (Å²) in [6.45, 7) is 2.48. The number of amides is 2. The summed E-state index contributed by atoms with van der Waals surface area (Å²) in [5, 5.41) is 6.78. The lowest BCUT2D eigenvalue weighted by atomic mass is 10.1. The molecule has 0 bridgehead atoms. The van der Waals surface area contributed by atoms with Crippen LogP contribution in [-0.4, -0.2) is 52.8 Å². The van der Waals surface area contributed by atoms with Gasteiger partial charge in [-0.15, -0.1) is 11.3 Å². The van der Waals surface area contributed by atoms with E-state index in [1.807, 2.05) is 32.0 Å². The first kappa shape index (κ1) is 16.7. The van der Waals surface area contributed by atoms with Crippen LogP contribution in [0.4, 0.5) is 0 Å². The smallest absolute Gasteiger partial charge is 0.273 e. The average Bonchev–Trinajstić information content (AvgIpc) is 3.42. The molecule has 2 amide bonds. The summed E-state index contributed by atoms with van der Waals surface area (Å²) in [6.07, 6.45) is 4.40. The van der Waals surface area contributed by atoms with Crippen molar-refractivity contribution >= 4 is 34.5 Å². The highest BCUT2D eigenvalue weighted by Gasteiger charge is 2.31. The predicted octanol–water partition coefficient (Wildman–Crippen LogP) is 3.35. The fourth-order valence-corrected chi connectivity index (χ4v) is 5.12. The third-order valence-corrected chi connectivity index (χ3v) is 6.65. The highest BCUT2D eigenvalue weighted by molar-refractivity contribution is 7.14. The molecule has 2 aliphatic rings. The van der Waals surface area contributed by atoms with E-state index in [1.54, 1.807) is 11.3 Å². The summed E-state index contributed by atoms with van der Waals surface area (Å²) in [4.78, 5) is 33.4. The molecule has 0 spiro atoms. The van der Waals surface area contributed by atoms with Gasteiger partial charge >= 0.3 is 0 Å². The normalized spacial score (nSPS) is 18.7. The number of thiazole rings is 1. The van der Waals surface area contributed by atoms with Gasteiger partial charge in [0.25, 0.3) is 5.91 Å². The fraction of sp³-hybridized carbons (Fsp3) is 0.500. The summed E-state index contributed by atoms with van der Waals surface area (Å²) in [6, 6.07) is 2.02. The van der Waals surface area contributed by atoms with Crippen molar-refractivity contribution in [3.05, 3.63) is 27.9 Å². The van der Waals surface area contributed by atoms with Crippen LogP contribution in [0.5, 0.6) is 0 Å². The molecule has 0 aromatic carbocycles. The molecule has 3 heterocycles. The van der Waals surface area contributed by atoms with E-state index in [4.69, 9.17) is 0 Å². The maximum absolute atomic E-state index is 12.7. The van der Waals surface area contributed by atoms with Crippen LogP contribution in [0.3, 0.4) is 0 Å². The van der Waals surface area contributed by atoms with Gasteiger partial charge in [-0.1, -0.05) is 12.8 Å². The zero-order valence-electron chi connectivity index (χ0n) is 14.0. The van der Waals surface area contributed by atoms with Gasteiger partial charge in [-0.2, -0.15) is 11.3 Å². The van der Waals surface area contributed by atoms with E-state index in [0.29, 0.717) is 31.9 Å². The number of aromatic nitrogens is 1. The van der Waals surface area contributed by atoms with E-state index in [9.17, 15) is 9.59 Å². The highest BCUT2D eigenvalue weighted by Crippen LogP contribution is 2.28. The Morgan fingerprint density at radius 2 is 1.76 bits per heavy atom. The lowest BCUT2D eigenvalue weighted by Crippen LogP contribution is -2.51. The Kier molecular flexibility index (Phi) is 4.85. The summed E-state index contributed by atoms with van der Waals surface area (Å²) in [5.74, 6) is 0.484. The van der Waals surface area contributed by atoms with Crippen LogP contribution in [0.25, 0.3) is 10.6 Å². The summed E-state index contributed by atoms with van der Waals surface area (Å²) < 4.78 is 0. The van der Waals surface area contributed by atoms with Crippen LogP contribution in [0.1, 0.15) is 36.2 Å². The van der Waals surface area contributed by atoms with Gasteiger partial charge in [0.2, 0.25) is 5.91 Å². The number of piperazine rings is 1. The third kappa shape index (κ3) is 3.48. The van der Waals surface area contributed by atoms with Crippen LogP contribution in [-0.2, 0) is 4.79 Å². The number of hydrogen-bond donors (Lipinski definition) is 0. The molecule has 1 aliphatic heterocycles. The van der Waals surface area contributed by atoms with Crippen molar-refractivity contribution in [3.63, 3.8) is 0 Å². The second kappa shape index (κ2) is 7.25. The van der Waals surface area contributed by atoms with Gasteiger partial charge in [0.15, 0.2) is 0 Å². The first-order valence-electron chi connectivity index (χ1n) is 8.78. The van der Waals surface area contributed by atoms with Gasteiger partial charge in [-0.25, -0.2) is 4.98 Å². The molecular weight excluding hydrogens is 354 g/mol. The SMILES string of the molecule is O=C(c1csc(-c2ccsc2)n1)N1CCN(C(=O)C2CCCC2)CC1. The molecule has 1 aliphatic carbocycles. The first-order valence-corrected chi connectivity index (χ1v) is 10.6. The molecule has 0 unspecified atom stereocenters. The summed E-state index contributed by atoms with van der Waals surface area (Å²) in [5.41, 5.74) is 1.59. The Bertz CT molecular complexity index is 742. The van der Waals surface area contributed by atoms with E-state index in [2.05, 4.69) is 4.98 Å². The quantitative estimate of drug-likeness (QED) is 0.827. The van der Waals surface area contributed by atoms with Crippen molar-refractivity contribution < 1.29 is 9.59 Å². The van der Waals surface area contributed by atoms with Gasteiger partial charge in [0.05, 0.1) is 0 Å². The Labute approximate surface area is 155 Å². The molecule has 4 rings (SSSR count). The Morgan fingerprint density at radius 3 is 2.44 bits per heavy atom. The molecule has 5 nitrogen and oxygen atoms in total. The molecule has 132 valence electrons. The Hall–Kier alpha value is -1.73. The van der Waals surface area contributed by atoms with Crippen molar-refractivity contribution in [1.82, 2.24) is 14.8 Å². The molecule has 0 atom stereocenters. The lowest BCUT2D eigenvalue weighted by molar-refractivity contribution is -0.136. The van der Waals surface area contributed by atoms with Crippen LogP contribution in [0.15, 0.2) is 22.2 Å². The zero-order valence-corrected chi connectivity index (χ0v) is 15.7. The van der Waals surface area contributed by atoms with Crippen LogP contribution in [0.2, 0.25) is 0 Å². The monoisotopic (exact) mass is 375 g/mol. The number of nitrogens with zero attached hydrogens (tertiary/aromatic N) is 3. The van der Waals surface area contributed by atoms with Gasteiger partial charge in [0, 0.05) is 48.4 Å². The first-order chi connectivity index (χ1) is 12.2. The van der Waals surface area contributed by atoms with E-state index >= 15 is 0 Å². The maximum Gasteiger partial charge on any atom is 0.273 e. The molecule has 7 heteroatoms. The van der Waals surface area contributed by atoms with E-state index < -0.39 is 0 Å². The largest absolute Gasteiger partial charge is 0.339 e. The number of thiophene rings is 1. The van der Waals surface area contributed by atoms with Crippen molar-refractivity contribution in [2.24, 2.45) is 5.92 Å². The van der Waals surface area contributed by atoms with Crippen LogP contribution >= 0.6 is 22.7 Å². The Morgan fingerprint density at radius 1 is 1.04 bits per heavy atom.